The van der Waals surface area contributed by atoms with E-state index in [1.807, 2.05) is 18.2 Å². The molecule has 1 aromatic carbocycles. The molecule has 20 heavy (non-hydrogen) atoms. The average Bonchev–Trinajstić information content (AvgIpc) is 2.49. The fourth-order valence-electron chi connectivity index (χ4n) is 2.25. The van der Waals surface area contributed by atoms with Gasteiger partial charge >= 0.3 is 0 Å². The van der Waals surface area contributed by atoms with Crippen molar-refractivity contribution < 1.29 is 14.2 Å². The van der Waals surface area contributed by atoms with E-state index in [9.17, 15) is 0 Å². The number of benzene rings is 1. The van der Waals surface area contributed by atoms with Crippen LogP contribution in [-0.4, -0.2) is 33.0 Å². The molecule has 0 saturated carbocycles. The lowest BCUT2D eigenvalue weighted by atomic mass is 10.0. The minimum Gasteiger partial charge on any atom is -0.490 e. The standard InChI is InChI=1S/C15H20BrClO3/c1-18-8-9-20-13-6-5-11(10-12(13)16)15(17)14-4-2-3-7-19-14/h5-6,10,14-15H,2-4,7-9H2,1H3. The van der Waals surface area contributed by atoms with Crippen LogP contribution in [0.4, 0.5) is 0 Å². The zero-order chi connectivity index (χ0) is 14.4. The molecule has 2 rings (SSSR count). The van der Waals surface area contributed by atoms with E-state index in [1.165, 1.54) is 6.42 Å². The largest absolute Gasteiger partial charge is 0.490 e. The highest BCUT2D eigenvalue weighted by atomic mass is 79.9. The molecule has 1 aliphatic heterocycles. The van der Waals surface area contributed by atoms with E-state index in [-0.39, 0.29) is 11.5 Å². The molecule has 1 saturated heterocycles. The van der Waals surface area contributed by atoms with Crippen molar-refractivity contribution in [2.24, 2.45) is 0 Å². The molecule has 0 aliphatic carbocycles. The van der Waals surface area contributed by atoms with Crippen molar-refractivity contribution in [1.82, 2.24) is 0 Å². The van der Waals surface area contributed by atoms with E-state index in [4.69, 9.17) is 25.8 Å². The van der Waals surface area contributed by atoms with Crippen LogP contribution in [0, 0.1) is 0 Å². The van der Waals surface area contributed by atoms with Crippen molar-refractivity contribution in [1.29, 1.82) is 0 Å². The fourth-order valence-corrected chi connectivity index (χ4v) is 3.10. The van der Waals surface area contributed by atoms with Gasteiger partial charge in [-0.15, -0.1) is 11.6 Å². The van der Waals surface area contributed by atoms with Crippen molar-refractivity contribution in [2.45, 2.75) is 30.7 Å². The second-order valence-corrected chi connectivity index (χ2v) is 6.16. The first-order valence-corrected chi connectivity index (χ1v) is 8.12. The third kappa shape index (κ3) is 4.35. The highest BCUT2D eigenvalue weighted by Gasteiger charge is 2.24. The molecule has 2 atom stereocenters. The van der Waals surface area contributed by atoms with Crippen LogP contribution in [0.1, 0.15) is 30.2 Å². The molecule has 0 bridgehead atoms. The van der Waals surface area contributed by atoms with E-state index in [1.54, 1.807) is 7.11 Å². The quantitative estimate of drug-likeness (QED) is 0.556. The van der Waals surface area contributed by atoms with Crippen molar-refractivity contribution in [3.05, 3.63) is 28.2 Å². The maximum Gasteiger partial charge on any atom is 0.133 e. The first-order valence-electron chi connectivity index (χ1n) is 6.89. The molecule has 0 amide bonds. The second-order valence-electron chi connectivity index (χ2n) is 4.84. The summed E-state index contributed by atoms with van der Waals surface area (Å²) in [6, 6.07) is 5.95. The molecule has 1 aliphatic rings. The summed E-state index contributed by atoms with van der Waals surface area (Å²) in [5.41, 5.74) is 1.06. The van der Waals surface area contributed by atoms with Gasteiger partial charge in [-0.3, -0.25) is 0 Å². The van der Waals surface area contributed by atoms with Crippen LogP contribution in [0.5, 0.6) is 5.75 Å². The van der Waals surface area contributed by atoms with Crippen LogP contribution in [0.2, 0.25) is 0 Å². The number of hydrogen-bond acceptors (Lipinski definition) is 3. The Balaban J connectivity index is 1.99. The van der Waals surface area contributed by atoms with Crippen molar-refractivity contribution >= 4 is 27.5 Å². The van der Waals surface area contributed by atoms with Gasteiger partial charge in [-0.2, -0.15) is 0 Å². The molecular weight excluding hydrogens is 344 g/mol. The molecule has 1 aromatic rings. The van der Waals surface area contributed by atoms with Crippen LogP contribution in [-0.2, 0) is 9.47 Å². The first-order chi connectivity index (χ1) is 9.72. The Labute approximate surface area is 133 Å². The van der Waals surface area contributed by atoms with E-state index in [0.29, 0.717) is 13.2 Å². The molecule has 0 radical (unpaired) electrons. The van der Waals surface area contributed by atoms with Gasteiger partial charge in [0.15, 0.2) is 0 Å². The summed E-state index contributed by atoms with van der Waals surface area (Å²) in [4.78, 5) is 0. The smallest absolute Gasteiger partial charge is 0.133 e. The van der Waals surface area contributed by atoms with Crippen molar-refractivity contribution in [3.8, 4) is 5.75 Å². The van der Waals surface area contributed by atoms with E-state index in [0.717, 1.165) is 35.2 Å². The van der Waals surface area contributed by atoms with Gasteiger partial charge in [-0.05, 0) is 52.9 Å². The van der Waals surface area contributed by atoms with Crippen LogP contribution in [0.25, 0.3) is 0 Å². The summed E-state index contributed by atoms with van der Waals surface area (Å²) < 4.78 is 17.2. The third-order valence-corrected chi connectivity index (χ3v) is 4.51. The van der Waals surface area contributed by atoms with Crippen molar-refractivity contribution in [3.63, 3.8) is 0 Å². The number of alkyl halides is 1. The molecule has 0 aromatic heterocycles. The Morgan fingerprint density at radius 3 is 2.90 bits per heavy atom. The van der Waals surface area contributed by atoms with E-state index in [2.05, 4.69) is 15.9 Å². The van der Waals surface area contributed by atoms with Gasteiger partial charge in [0.1, 0.15) is 12.4 Å². The first kappa shape index (κ1) is 16.1. The van der Waals surface area contributed by atoms with Gasteiger partial charge in [0, 0.05) is 13.7 Å². The molecule has 2 unspecified atom stereocenters. The lowest BCUT2D eigenvalue weighted by molar-refractivity contribution is 0.0135. The highest BCUT2D eigenvalue weighted by molar-refractivity contribution is 9.10. The summed E-state index contributed by atoms with van der Waals surface area (Å²) >= 11 is 10.1. The van der Waals surface area contributed by atoms with Gasteiger partial charge in [-0.1, -0.05) is 6.07 Å². The van der Waals surface area contributed by atoms with Crippen molar-refractivity contribution in [2.75, 3.05) is 26.9 Å². The molecule has 3 nitrogen and oxygen atoms in total. The SMILES string of the molecule is COCCOc1ccc(C(Cl)C2CCCCO2)cc1Br. The fraction of sp³-hybridized carbons (Fsp3) is 0.600. The minimum absolute atomic E-state index is 0.109. The number of halogens is 2. The van der Waals surface area contributed by atoms with Crippen LogP contribution in [0.15, 0.2) is 22.7 Å². The predicted molar refractivity (Wildman–Crippen MR) is 83.7 cm³/mol. The van der Waals surface area contributed by atoms with Crippen LogP contribution in [0.3, 0.4) is 0 Å². The Morgan fingerprint density at radius 2 is 2.25 bits per heavy atom. The maximum atomic E-state index is 6.53. The Bertz CT molecular complexity index is 422. The van der Waals surface area contributed by atoms with E-state index < -0.39 is 0 Å². The minimum atomic E-state index is -0.111. The van der Waals surface area contributed by atoms with Gasteiger partial charge in [0.2, 0.25) is 0 Å². The number of hydrogen-bond donors (Lipinski definition) is 0. The molecule has 1 heterocycles. The summed E-state index contributed by atoms with van der Waals surface area (Å²) in [5.74, 6) is 0.805. The maximum absolute atomic E-state index is 6.53. The number of rotatable bonds is 6. The molecular formula is C15H20BrClO3. The molecule has 112 valence electrons. The van der Waals surface area contributed by atoms with Gasteiger partial charge in [-0.25, -0.2) is 0 Å². The zero-order valence-corrected chi connectivity index (χ0v) is 14.0. The Kier molecular flexibility index (Phi) is 6.62. The third-order valence-electron chi connectivity index (χ3n) is 3.36. The number of methoxy groups -OCH3 is 1. The predicted octanol–water partition coefficient (Wildman–Crippen LogP) is 4.32. The zero-order valence-electron chi connectivity index (χ0n) is 11.6. The van der Waals surface area contributed by atoms with E-state index >= 15 is 0 Å². The van der Waals surface area contributed by atoms with Crippen LogP contribution >= 0.6 is 27.5 Å². The summed E-state index contributed by atoms with van der Waals surface area (Å²) in [5, 5.41) is -0.111. The molecule has 1 fully saturated rings. The molecule has 0 N–H and O–H groups in total. The van der Waals surface area contributed by atoms with Gasteiger partial charge in [0.25, 0.3) is 0 Å². The normalized spacial score (nSPS) is 20.6. The summed E-state index contributed by atoms with van der Waals surface area (Å²) in [6.45, 7) is 1.92. The lowest BCUT2D eigenvalue weighted by Crippen LogP contribution is -2.23. The Morgan fingerprint density at radius 1 is 1.40 bits per heavy atom. The second kappa shape index (κ2) is 8.23. The molecule has 0 spiro atoms. The average molecular weight is 364 g/mol. The highest BCUT2D eigenvalue weighted by Crippen LogP contribution is 2.35. The Hall–Kier alpha value is -0.290. The summed E-state index contributed by atoms with van der Waals surface area (Å²) in [6.07, 6.45) is 3.46. The number of ether oxygens (including phenoxy) is 3. The van der Waals surface area contributed by atoms with Gasteiger partial charge < -0.3 is 14.2 Å². The molecule has 5 heteroatoms. The monoisotopic (exact) mass is 362 g/mol. The summed E-state index contributed by atoms with van der Waals surface area (Å²) in [7, 11) is 1.66. The van der Waals surface area contributed by atoms with Crippen LogP contribution < -0.4 is 4.74 Å². The van der Waals surface area contributed by atoms with Gasteiger partial charge in [0.05, 0.1) is 22.6 Å². The lowest BCUT2D eigenvalue weighted by Gasteiger charge is -2.27. The topological polar surface area (TPSA) is 27.7 Å².